The van der Waals surface area contributed by atoms with Gasteiger partial charge in [0.2, 0.25) is 5.91 Å². The number of rotatable bonds is 3. The SMILES string of the molecule is Cc1cc(N2CCN(C)CC2)ccc1NC(=O)C(C)C. The van der Waals surface area contributed by atoms with E-state index in [2.05, 4.69) is 41.2 Å². The first-order valence-electron chi connectivity index (χ1n) is 7.32. The minimum absolute atomic E-state index is 0.00621. The normalized spacial score (nSPS) is 16.6. The summed E-state index contributed by atoms with van der Waals surface area (Å²) in [5.41, 5.74) is 3.29. The van der Waals surface area contributed by atoms with E-state index in [1.54, 1.807) is 0 Å². The highest BCUT2D eigenvalue weighted by atomic mass is 16.1. The smallest absolute Gasteiger partial charge is 0.226 e. The van der Waals surface area contributed by atoms with Crippen LogP contribution >= 0.6 is 0 Å². The quantitative estimate of drug-likeness (QED) is 0.919. The monoisotopic (exact) mass is 275 g/mol. The van der Waals surface area contributed by atoms with Crippen molar-refractivity contribution in [2.75, 3.05) is 43.4 Å². The summed E-state index contributed by atoms with van der Waals surface area (Å²) in [4.78, 5) is 16.5. The highest BCUT2D eigenvalue weighted by molar-refractivity contribution is 5.93. The third-order valence-corrected chi connectivity index (χ3v) is 3.86. The molecular weight excluding hydrogens is 250 g/mol. The van der Waals surface area contributed by atoms with Crippen molar-refractivity contribution in [3.63, 3.8) is 0 Å². The summed E-state index contributed by atoms with van der Waals surface area (Å²) in [6.07, 6.45) is 0. The van der Waals surface area contributed by atoms with E-state index in [4.69, 9.17) is 0 Å². The molecule has 2 rings (SSSR count). The first-order chi connectivity index (χ1) is 9.47. The van der Waals surface area contributed by atoms with Crippen molar-refractivity contribution in [2.45, 2.75) is 20.8 Å². The van der Waals surface area contributed by atoms with Gasteiger partial charge >= 0.3 is 0 Å². The van der Waals surface area contributed by atoms with Crippen molar-refractivity contribution in [1.29, 1.82) is 0 Å². The van der Waals surface area contributed by atoms with Crippen LogP contribution in [-0.2, 0) is 4.79 Å². The van der Waals surface area contributed by atoms with Crippen LogP contribution in [-0.4, -0.2) is 44.0 Å². The molecular formula is C16H25N3O. The molecule has 4 heteroatoms. The number of nitrogens with one attached hydrogen (secondary N) is 1. The molecule has 1 amide bonds. The summed E-state index contributed by atoms with van der Waals surface area (Å²) in [7, 11) is 2.16. The molecule has 0 radical (unpaired) electrons. The van der Waals surface area contributed by atoms with Gasteiger partial charge in [0.1, 0.15) is 0 Å². The van der Waals surface area contributed by atoms with Crippen molar-refractivity contribution in [2.24, 2.45) is 5.92 Å². The number of anilines is 2. The number of hydrogen-bond acceptors (Lipinski definition) is 3. The van der Waals surface area contributed by atoms with E-state index in [0.717, 1.165) is 37.4 Å². The standard InChI is InChI=1S/C16H25N3O/c1-12(2)16(20)17-15-6-5-14(11-13(15)3)19-9-7-18(4)8-10-19/h5-6,11-12H,7-10H2,1-4H3,(H,17,20). The first kappa shape index (κ1) is 14.9. The molecule has 0 atom stereocenters. The Morgan fingerprint density at radius 3 is 2.40 bits per heavy atom. The van der Waals surface area contributed by atoms with E-state index in [9.17, 15) is 4.79 Å². The summed E-state index contributed by atoms with van der Waals surface area (Å²) in [6, 6.07) is 6.29. The summed E-state index contributed by atoms with van der Waals surface area (Å²) < 4.78 is 0. The third kappa shape index (κ3) is 3.51. The molecule has 1 aliphatic rings. The van der Waals surface area contributed by atoms with E-state index in [-0.39, 0.29) is 11.8 Å². The fourth-order valence-corrected chi connectivity index (χ4v) is 2.33. The zero-order chi connectivity index (χ0) is 14.7. The first-order valence-corrected chi connectivity index (χ1v) is 7.32. The van der Waals surface area contributed by atoms with Crippen molar-refractivity contribution < 1.29 is 4.79 Å². The number of hydrogen-bond donors (Lipinski definition) is 1. The Labute approximate surface area is 121 Å². The van der Waals surface area contributed by atoms with E-state index in [1.165, 1.54) is 5.69 Å². The topological polar surface area (TPSA) is 35.6 Å². The molecule has 0 spiro atoms. The number of amides is 1. The number of carbonyl (C=O) groups excluding carboxylic acids is 1. The molecule has 1 fully saturated rings. The van der Waals surface area contributed by atoms with Gasteiger partial charge < -0.3 is 15.1 Å². The zero-order valence-corrected chi connectivity index (χ0v) is 12.9. The number of nitrogens with zero attached hydrogens (tertiary/aromatic N) is 2. The molecule has 1 saturated heterocycles. The molecule has 0 aliphatic carbocycles. The number of piperazine rings is 1. The second kappa shape index (κ2) is 6.27. The van der Waals surface area contributed by atoms with Crippen LogP contribution in [0.15, 0.2) is 18.2 Å². The number of likely N-dealkylation sites (N-methyl/N-ethyl adjacent to an activating group) is 1. The van der Waals surface area contributed by atoms with E-state index in [0.29, 0.717) is 0 Å². The molecule has 0 aromatic heterocycles. The van der Waals surface area contributed by atoms with Gasteiger partial charge in [-0.25, -0.2) is 0 Å². The maximum atomic E-state index is 11.8. The molecule has 1 aromatic rings. The lowest BCUT2D eigenvalue weighted by molar-refractivity contribution is -0.118. The predicted molar refractivity (Wildman–Crippen MR) is 84.4 cm³/mol. The Hall–Kier alpha value is -1.55. The number of carbonyl (C=O) groups is 1. The van der Waals surface area contributed by atoms with Crippen molar-refractivity contribution in [3.8, 4) is 0 Å². The highest BCUT2D eigenvalue weighted by Gasteiger charge is 2.15. The fraction of sp³-hybridized carbons (Fsp3) is 0.562. The lowest BCUT2D eigenvalue weighted by Gasteiger charge is -2.34. The van der Waals surface area contributed by atoms with Crippen LogP contribution in [0.25, 0.3) is 0 Å². The average Bonchev–Trinajstić information content (AvgIpc) is 2.41. The van der Waals surface area contributed by atoms with Crippen LogP contribution in [0, 0.1) is 12.8 Å². The number of benzene rings is 1. The molecule has 0 bridgehead atoms. The van der Waals surface area contributed by atoms with Crippen LogP contribution in [0.3, 0.4) is 0 Å². The largest absolute Gasteiger partial charge is 0.369 e. The Bertz CT molecular complexity index is 477. The Balaban J connectivity index is 2.07. The maximum absolute atomic E-state index is 11.8. The number of aryl methyl sites for hydroxylation is 1. The summed E-state index contributed by atoms with van der Waals surface area (Å²) in [5, 5.41) is 2.98. The zero-order valence-electron chi connectivity index (χ0n) is 12.9. The maximum Gasteiger partial charge on any atom is 0.226 e. The summed E-state index contributed by atoms with van der Waals surface area (Å²) >= 11 is 0. The summed E-state index contributed by atoms with van der Waals surface area (Å²) in [5.74, 6) is 0.0761. The highest BCUT2D eigenvalue weighted by Crippen LogP contribution is 2.24. The minimum Gasteiger partial charge on any atom is -0.369 e. The summed E-state index contributed by atoms with van der Waals surface area (Å²) in [6.45, 7) is 10.2. The van der Waals surface area contributed by atoms with Gasteiger partial charge in [0.05, 0.1) is 0 Å². The van der Waals surface area contributed by atoms with Crippen molar-refractivity contribution in [1.82, 2.24) is 4.90 Å². The molecule has 1 aliphatic heterocycles. The van der Waals surface area contributed by atoms with Gasteiger partial charge in [-0.15, -0.1) is 0 Å². The molecule has 20 heavy (non-hydrogen) atoms. The Morgan fingerprint density at radius 2 is 1.85 bits per heavy atom. The fourth-order valence-electron chi connectivity index (χ4n) is 2.33. The van der Waals surface area contributed by atoms with Gasteiger partial charge in [-0.3, -0.25) is 4.79 Å². The van der Waals surface area contributed by atoms with Crippen LogP contribution in [0.4, 0.5) is 11.4 Å². The Morgan fingerprint density at radius 1 is 1.20 bits per heavy atom. The third-order valence-electron chi connectivity index (χ3n) is 3.86. The minimum atomic E-state index is 0.00621. The van der Waals surface area contributed by atoms with Crippen molar-refractivity contribution in [3.05, 3.63) is 23.8 Å². The van der Waals surface area contributed by atoms with E-state index >= 15 is 0 Å². The molecule has 0 unspecified atom stereocenters. The second-order valence-corrected chi connectivity index (χ2v) is 5.93. The second-order valence-electron chi connectivity index (χ2n) is 5.93. The van der Waals surface area contributed by atoms with Crippen molar-refractivity contribution >= 4 is 17.3 Å². The van der Waals surface area contributed by atoms with E-state index in [1.807, 2.05) is 19.9 Å². The van der Waals surface area contributed by atoms with Gasteiger partial charge in [-0.1, -0.05) is 13.8 Å². The lowest BCUT2D eigenvalue weighted by atomic mass is 10.1. The molecule has 0 saturated carbocycles. The Kier molecular flexibility index (Phi) is 4.65. The molecule has 110 valence electrons. The molecule has 1 N–H and O–H groups in total. The van der Waals surface area contributed by atoms with Crippen LogP contribution < -0.4 is 10.2 Å². The van der Waals surface area contributed by atoms with E-state index < -0.39 is 0 Å². The van der Waals surface area contributed by atoms with Gasteiger partial charge in [-0.2, -0.15) is 0 Å². The molecule has 1 heterocycles. The van der Waals surface area contributed by atoms with Crippen LogP contribution in [0.5, 0.6) is 0 Å². The molecule has 1 aromatic carbocycles. The van der Waals surface area contributed by atoms with Crippen LogP contribution in [0.2, 0.25) is 0 Å². The van der Waals surface area contributed by atoms with Gasteiger partial charge in [-0.05, 0) is 37.7 Å². The van der Waals surface area contributed by atoms with Gasteiger partial charge in [0, 0.05) is 43.5 Å². The molecule has 4 nitrogen and oxygen atoms in total. The predicted octanol–water partition coefficient (Wildman–Crippen LogP) is 2.34. The average molecular weight is 275 g/mol. The van der Waals surface area contributed by atoms with Gasteiger partial charge in [0.25, 0.3) is 0 Å². The van der Waals surface area contributed by atoms with Gasteiger partial charge in [0.15, 0.2) is 0 Å². The van der Waals surface area contributed by atoms with Crippen LogP contribution in [0.1, 0.15) is 19.4 Å². The lowest BCUT2D eigenvalue weighted by Crippen LogP contribution is -2.44.